The minimum absolute atomic E-state index is 0.0464. The van der Waals surface area contributed by atoms with Crippen LogP contribution >= 0.6 is 7.82 Å². The summed E-state index contributed by atoms with van der Waals surface area (Å²) in [5, 5.41) is 0. The summed E-state index contributed by atoms with van der Waals surface area (Å²) >= 11 is 0. The number of unbranched alkanes of at least 4 members (excludes halogenated alkanes) is 32. The molecule has 0 fully saturated rings. The summed E-state index contributed by atoms with van der Waals surface area (Å²) in [5.74, 6) is -0.836. The van der Waals surface area contributed by atoms with Crippen LogP contribution in [0.3, 0.4) is 0 Å². The van der Waals surface area contributed by atoms with Crippen molar-refractivity contribution in [3.63, 3.8) is 0 Å². The number of carbonyl (C=O) groups is 2. The summed E-state index contributed by atoms with van der Waals surface area (Å²) in [6.07, 6.45) is 108. The first-order chi connectivity index (χ1) is 44.8. The summed E-state index contributed by atoms with van der Waals surface area (Å²) in [4.78, 5) is 35.4. The fourth-order valence-electron chi connectivity index (χ4n) is 10.3. The molecule has 0 saturated heterocycles. The van der Waals surface area contributed by atoms with E-state index in [9.17, 15) is 19.0 Å². The number of phosphoric acid groups is 1. The molecule has 9 nitrogen and oxygen atoms in total. The molecule has 0 aromatic heterocycles. The van der Waals surface area contributed by atoms with Crippen molar-refractivity contribution in [3.8, 4) is 0 Å². The average Bonchev–Trinajstić information content (AvgIpc) is 3.68. The van der Waals surface area contributed by atoms with E-state index < -0.39 is 26.5 Å². The molecule has 10 heteroatoms. The molecule has 0 saturated carbocycles. The van der Waals surface area contributed by atoms with Crippen LogP contribution in [0.25, 0.3) is 0 Å². The van der Waals surface area contributed by atoms with Gasteiger partial charge in [0.05, 0.1) is 13.2 Å². The van der Waals surface area contributed by atoms with Gasteiger partial charge < -0.3 is 20.1 Å². The molecular weight excluding hydrogens is 1150 g/mol. The van der Waals surface area contributed by atoms with Gasteiger partial charge in [0.2, 0.25) is 0 Å². The molecular formula is C81H138NO8P. The SMILES string of the molecule is CC/C=C\C/C=C\C/C=C\C/C=C\C/C=C\C/C=C\C/C=C\CCCCCCCCCC(=O)OC(COC(=O)CCCCCCCCCCCCCCCCCCCCCCCCCCC/C=C\C/C=C\C/C=C\C/C=C\C/C=C\CC)COP(=O)(O)OCCN. The Kier molecular flexibility index (Phi) is 71.5. The van der Waals surface area contributed by atoms with Gasteiger partial charge in [0.1, 0.15) is 6.61 Å². The highest BCUT2D eigenvalue weighted by atomic mass is 31.2. The van der Waals surface area contributed by atoms with E-state index in [0.717, 1.165) is 122 Å². The number of nitrogens with two attached hydrogens (primary N) is 1. The molecule has 2 atom stereocenters. The van der Waals surface area contributed by atoms with Gasteiger partial charge in [0.25, 0.3) is 0 Å². The zero-order valence-electron chi connectivity index (χ0n) is 58.5. The highest BCUT2D eigenvalue weighted by Gasteiger charge is 2.26. The third-order valence-electron chi connectivity index (χ3n) is 15.7. The molecule has 0 bridgehead atoms. The normalized spacial score (nSPS) is 13.8. The maximum atomic E-state index is 12.8. The molecule has 0 aliphatic rings. The number of hydrogen-bond acceptors (Lipinski definition) is 8. The second-order valence-corrected chi connectivity index (χ2v) is 25.9. The lowest BCUT2D eigenvalue weighted by Gasteiger charge is -2.19. The summed E-state index contributed by atoms with van der Waals surface area (Å²) in [6, 6.07) is 0. The van der Waals surface area contributed by atoms with Gasteiger partial charge in [0, 0.05) is 19.4 Å². The second kappa shape index (κ2) is 74.9. The van der Waals surface area contributed by atoms with Gasteiger partial charge in [-0.3, -0.25) is 18.6 Å². The Balaban J connectivity index is 3.84. The van der Waals surface area contributed by atoms with Crippen LogP contribution < -0.4 is 5.73 Å². The zero-order chi connectivity index (χ0) is 65.8. The predicted octanol–water partition coefficient (Wildman–Crippen LogP) is 25.0. The Labute approximate surface area is 560 Å². The molecule has 0 rings (SSSR count). The van der Waals surface area contributed by atoms with Crippen molar-refractivity contribution in [2.24, 2.45) is 5.73 Å². The Bertz CT molecular complexity index is 2010. The van der Waals surface area contributed by atoms with Crippen LogP contribution in [0.5, 0.6) is 0 Å². The first-order valence-corrected chi connectivity index (χ1v) is 38.8. The van der Waals surface area contributed by atoms with Crippen LogP contribution in [0.15, 0.2) is 146 Å². The molecule has 0 heterocycles. The second-order valence-electron chi connectivity index (χ2n) is 24.4. The molecule has 0 amide bonds. The number of rotatable bonds is 69. The minimum atomic E-state index is -4.41. The van der Waals surface area contributed by atoms with Gasteiger partial charge in [-0.1, -0.05) is 339 Å². The first-order valence-electron chi connectivity index (χ1n) is 37.3. The lowest BCUT2D eigenvalue weighted by Crippen LogP contribution is -2.29. The van der Waals surface area contributed by atoms with Crippen LogP contribution in [0.1, 0.15) is 322 Å². The van der Waals surface area contributed by atoms with Crippen molar-refractivity contribution < 1.29 is 37.6 Å². The van der Waals surface area contributed by atoms with Gasteiger partial charge in [0.15, 0.2) is 6.10 Å². The number of hydrogen-bond donors (Lipinski definition) is 2. The fourth-order valence-corrected chi connectivity index (χ4v) is 11.1. The van der Waals surface area contributed by atoms with Gasteiger partial charge in [-0.2, -0.15) is 0 Å². The van der Waals surface area contributed by atoms with Crippen molar-refractivity contribution in [1.29, 1.82) is 0 Å². The van der Waals surface area contributed by atoms with Crippen LogP contribution in [-0.4, -0.2) is 49.3 Å². The van der Waals surface area contributed by atoms with Crippen LogP contribution in [0.2, 0.25) is 0 Å². The topological polar surface area (TPSA) is 134 Å². The Morgan fingerprint density at radius 1 is 0.330 bits per heavy atom. The Morgan fingerprint density at radius 3 is 0.846 bits per heavy atom. The van der Waals surface area contributed by atoms with Gasteiger partial charge in [-0.15, -0.1) is 0 Å². The van der Waals surface area contributed by atoms with E-state index in [-0.39, 0.29) is 38.6 Å². The molecule has 0 aliphatic carbocycles. The number of carbonyl (C=O) groups excluding carboxylic acids is 2. The van der Waals surface area contributed by atoms with Gasteiger partial charge in [-0.25, -0.2) is 4.57 Å². The van der Waals surface area contributed by atoms with Crippen molar-refractivity contribution >= 4 is 19.8 Å². The first kappa shape index (κ1) is 86.9. The standard InChI is InChI=1S/C81H138NO8P/c1-3-5-7-9-11-13-15-17-19-21-23-25-27-29-31-33-34-35-36-37-38-39-40-41-42-43-44-46-47-49-51-53-55-57-59-61-63-65-67-69-71-73-80(83)87-77-79(78-89-91(85,86)88-76-75-82)90-81(84)74-72-70-68-66-64-62-60-58-56-54-52-50-48-45-32-30-28-26-24-22-20-18-16-14-12-10-8-6-4-2/h5-8,11-14,17-20,23-26,29-32,48,50,54,56,79H,3-4,9-10,15-16,21-22,27-28,33-47,49,51-53,55,57-78,82H2,1-2H3,(H,85,86)/b7-5-,8-6-,13-11-,14-12-,19-17-,20-18-,25-23-,26-24-,31-29-,32-30-,50-48-,56-54-. The number of allylic oxidation sites excluding steroid dienone is 24. The monoisotopic (exact) mass is 1280 g/mol. The molecule has 520 valence electrons. The number of phosphoric ester groups is 1. The van der Waals surface area contributed by atoms with Crippen molar-refractivity contribution in [3.05, 3.63) is 146 Å². The van der Waals surface area contributed by atoms with E-state index in [2.05, 4.69) is 160 Å². The Hall–Kier alpha value is -4.11. The molecule has 3 N–H and O–H groups in total. The molecule has 0 radical (unpaired) electrons. The highest BCUT2D eigenvalue weighted by molar-refractivity contribution is 7.47. The van der Waals surface area contributed by atoms with Gasteiger partial charge in [-0.05, 0) is 116 Å². The van der Waals surface area contributed by atoms with Crippen LogP contribution in [0.4, 0.5) is 0 Å². The summed E-state index contributed by atoms with van der Waals surface area (Å²) in [6.45, 7) is 3.52. The molecule has 0 spiro atoms. The zero-order valence-corrected chi connectivity index (χ0v) is 59.4. The van der Waals surface area contributed by atoms with Crippen molar-refractivity contribution in [1.82, 2.24) is 0 Å². The Morgan fingerprint density at radius 2 is 0.571 bits per heavy atom. The number of ether oxygens (including phenoxy) is 2. The van der Waals surface area contributed by atoms with Crippen molar-refractivity contribution in [2.75, 3.05) is 26.4 Å². The average molecular weight is 1280 g/mol. The lowest BCUT2D eigenvalue weighted by molar-refractivity contribution is -0.161. The number of esters is 2. The minimum Gasteiger partial charge on any atom is -0.462 e. The fraction of sp³-hybridized carbons (Fsp3) is 0.679. The van der Waals surface area contributed by atoms with E-state index in [1.807, 2.05) is 0 Å². The maximum Gasteiger partial charge on any atom is 0.472 e. The quantitative estimate of drug-likeness (QED) is 0.0264. The summed E-state index contributed by atoms with van der Waals surface area (Å²) < 4.78 is 33.2. The molecule has 0 aliphatic heterocycles. The molecule has 91 heavy (non-hydrogen) atoms. The third kappa shape index (κ3) is 74.8. The van der Waals surface area contributed by atoms with E-state index in [0.29, 0.717) is 6.42 Å². The molecule has 0 aromatic carbocycles. The molecule has 2 unspecified atom stereocenters. The highest BCUT2D eigenvalue weighted by Crippen LogP contribution is 2.43. The smallest absolute Gasteiger partial charge is 0.462 e. The van der Waals surface area contributed by atoms with Crippen LogP contribution in [-0.2, 0) is 32.7 Å². The third-order valence-corrected chi connectivity index (χ3v) is 16.7. The summed E-state index contributed by atoms with van der Waals surface area (Å²) in [7, 11) is -4.41. The van der Waals surface area contributed by atoms with E-state index >= 15 is 0 Å². The van der Waals surface area contributed by atoms with Crippen LogP contribution in [0, 0.1) is 0 Å². The van der Waals surface area contributed by atoms with E-state index in [1.165, 1.54) is 167 Å². The van der Waals surface area contributed by atoms with Crippen molar-refractivity contribution in [2.45, 2.75) is 328 Å². The maximum absolute atomic E-state index is 12.8. The lowest BCUT2D eigenvalue weighted by atomic mass is 10.0. The van der Waals surface area contributed by atoms with E-state index in [1.54, 1.807) is 0 Å². The largest absolute Gasteiger partial charge is 0.472 e. The molecule has 0 aromatic rings. The van der Waals surface area contributed by atoms with E-state index in [4.69, 9.17) is 24.3 Å². The van der Waals surface area contributed by atoms with Gasteiger partial charge >= 0.3 is 19.8 Å². The predicted molar refractivity (Wildman–Crippen MR) is 394 cm³/mol. The summed E-state index contributed by atoms with van der Waals surface area (Å²) in [5.41, 5.74) is 5.41.